The molecule has 116 valence electrons. The fourth-order valence-corrected chi connectivity index (χ4v) is 1.72. The highest BCUT2D eigenvalue weighted by atomic mass is 16.6. The van der Waals surface area contributed by atoms with Crippen LogP contribution in [-0.4, -0.2) is 44.2 Å². The summed E-state index contributed by atoms with van der Waals surface area (Å²) in [4.78, 5) is 22.4. The lowest BCUT2D eigenvalue weighted by molar-refractivity contribution is -0.384. The van der Waals surface area contributed by atoms with E-state index >= 15 is 0 Å². The second-order valence-electron chi connectivity index (χ2n) is 4.26. The number of ether oxygens (including phenoxy) is 2. The van der Waals surface area contributed by atoms with Crippen LogP contribution in [0.25, 0.3) is 0 Å². The highest BCUT2D eigenvalue weighted by Crippen LogP contribution is 2.34. The van der Waals surface area contributed by atoms with E-state index in [1.807, 2.05) is 0 Å². The van der Waals surface area contributed by atoms with Gasteiger partial charge in [-0.3, -0.25) is 14.9 Å². The molecule has 0 bridgehead atoms. The summed E-state index contributed by atoms with van der Waals surface area (Å²) < 4.78 is 9.80. The van der Waals surface area contributed by atoms with Crippen molar-refractivity contribution in [1.29, 1.82) is 0 Å². The molecule has 8 heteroatoms. The maximum absolute atomic E-state index is 11.8. The average molecular weight is 297 g/mol. The summed E-state index contributed by atoms with van der Waals surface area (Å²) in [6, 6.07) is 4.00. The van der Waals surface area contributed by atoms with Crippen LogP contribution in [0.3, 0.4) is 0 Å². The van der Waals surface area contributed by atoms with E-state index in [0.29, 0.717) is 13.2 Å². The molecule has 0 aliphatic rings. The third kappa shape index (κ3) is 4.60. The molecule has 0 aliphatic heterocycles. The fraction of sp³-hybridized carbons (Fsp3) is 0.462. The number of nitrogens with zero attached hydrogens (tertiary/aromatic N) is 1. The van der Waals surface area contributed by atoms with Gasteiger partial charge in [-0.05, 0) is 19.1 Å². The maximum Gasteiger partial charge on any atom is 0.333 e. The third-order valence-electron chi connectivity index (χ3n) is 2.77. The summed E-state index contributed by atoms with van der Waals surface area (Å²) in [7, 11) is 2.89. The van der Waals surface area contributed by atoms with Gasteiger partial charge in [0.05, 0.1) is 18.6 Å². The number of carbonyl (C=O) groups is 1. The first-order valence-corrected chi connectivity index (χ1v) is 6.35. The summed E-state index contributed by atoms with van der Waals surface area (Å²) in [5, 5.41) is 16.6. The quantitative estimate of drug-likeness (QED) is 0.424. The number of hydrogen-bond donors (Lipinski definition) is 2. The Morgan fingerprint density at radius 1 is 1.43 bits per heavy atom. The summed E-state index contributed by atoms with van der Waals surface area (Å²) in [6.07, 6.45) is 0. The average Bonchev–Trinajstić information content (AvgIpc) is 2.46. The fourth-order valence-electron chi connectivity index (χ4n) is 1.72. The van der Waals surface area contributed by atoms with E-state index in [2.05, 4.69) is 10.6 Å². The van der Waals surface area contributed by atoms with Gasteiger partial charge in [-0.1, -0.05) is 6.07 Å². The Morgan fingerprint density at radius 2 is 2.14 bits per heavy atom. The van der Waals surface area contributed by atoms with Gasteiger partial charge in [0.15, 0.2) is 5.75 Å². The standard InChI is InChI=1S/C13H19N3O5/c1-9(13(17)14-7-8-20-2)15-10-5-4-6-11(21-3)12(10)16(18)19/h4-6,9,15H,7-8H2,1-3H3,(H,14,17). The minimum atomic E-state index is -0.632. The van der Waals surface area contributed by atoms with Crippen LogP contribution in [0.15, 0.2) is 18.2 Å². The molecular formula is C13H19N3O5. The zero-order valence-corrected chi connectivity index (χ0v) is 12.2. The molecule has 0 saturated carbocycles. The van der Waals surface area contributed by atoms with E-state index in [4.69, 9.17) is 9.47 Å². The lowest BCUT2D eigenvalue weighted by Crippen LogP contribution is -2.39. The van der Waals surface area contributed by atoms with E-state index in [9.17, 15) is 14.9 Å². The van der Waals surface area contributed by atoms with Gasteiger partial charge >= 0.3 is 5.69 Å². The summed E-state index contributed by atoms with van der Waals surface area (Å²) in [6.45, 7) is 2.39. The Hall–Kier alpha value is -2.35. The molecule has 0 heterocycles. The number of nitrogens with one attached hydrogen (secondary N) is 2. The molecule has 1 aromatic rings. The first-order chi connectivity index (χ1) is 10.0. The van der Waals surface area contributed by atoms with Crippen molar-refractivity contribution >= 4 is 17.3 Å². The van der Waals surface area contributed by atoms with Crippen molar-refractivity contribution < 1.29 is 19.2 Å². The third-order valence-corrected chi connectivity index (χ3v) is 2.77. The van der Waals surface area contributed by atoms with Crippen LogP contribution in [-0.2, 0) is 9.53 Å². The van der Waals surface area contributed by atoms with Crippen LogP contribution in [0.2, 0.25) is 0 Å². The highest BCUT2D eigenvalue weighted by Gasteiger charge is 2.23. The minimum Gasteiger partial charge on any atom is -0.490 e. The van der Waals surface area contributed by atoms with Crippen molar-refractivity contribution in [2.75, 3.05) is 32.7 Å². The number of methoxy groups -OCH3 is 2. The lowest BCUT2D eigenvalue weighted by atomic mass is 10.2. The molecular weight excluding hydrogens is 278 g/mol. The summed E-state index contributed by atoms with van der Waals surface area (Å²) in [5.41, 5.74) is 0.0327. The maximum atomic E-state index is 11.8. The molecule has 2 N–H and O–H groups in total. The molecule has 8 nitrogen and oxygen atoms in total. The van der Waals surface area contributed by atoms with Crippen LogP contribution < -0.4 is 15.4 Å². The van der Waals surface area contributed by atoms with Crippen LogP contribution in [0.5, 0.6) is 5.75 Å². The largest absolute Gasteiger partial charge is 0.490 e. The minimum absolute atomic E-state index is 0.136. The zero-order chi connectivity index (χ0) is 15.8. The molecule has 1 rings (SSSR count). The van der Waals surface area contributed by atoms with Gasteiger partial charge in [0.25, 0.3) is 0 Å². The topological polar surface area (TPSA) is 103 Å². The number of amides is 1. The zero-order valence-electron chi connectivity index (χ0n) is 12.2. The van der Waals surface area contributed by atoms with Crippen molar-refractivity contribution in [1.82, 2.24) is 5.32 Å². The van der Waals surface area contributed by atoms with Crippen LogP contribution in [0.1, 0.15) is 6.92 Å². The monoisotopic (exact) mass is 297 g/mol. The molecule has 21 heavy (non-hydrogen) atoms. The number of anilines is 1. The number of rotatable bonds is 8. The summed E-state index contributed by atoms with van der Waals surface area (Å²) in [5.74, 6) is -0.138. The Labute approximate surface area is 122 Å². The van der Waals surface area contributed by atoms with Crippen molar-refractivity contribution in [3.63, 3.8) is 0 Å². The highest BCUT2D eigenvalue weighted by molar-refractivity contribution is 5.85. The van der Waals surface area contributed by atoms with Gasteiger partial charge in [-0.25, -0.2) is 0 Å². The van der Waals surface area contributed by atoms with Crippen LogP contribution >= 0.6 is 0 Å². The van der Waals surface area contributed by atoms with E-state index in [1.165, 1.54) is 26.4 Å². The molecule has 1 aromatic carbocycles. The van der Waals surface area contributed by atoms with Crippen LogP contribution in [0, 0.1) is 10.1 Å². The molecule has 0 saturated heterocycles. The number of benzene rings is 1. The van der Waals surface area contributed by atoms with Gasteiger partial charge in [-0.15, -0.1) is 0 Å². The molecule has 0 aliphatic carbocycles. The number of para-hydroxylation sites is 1. The first-order valence-electron chi connectivity index (χ1n) is 6.35. The smallest absolute Gasteiger partial charge is 0.333 e. The van der Waals surface area contributed by atoms with Crippen molar-refractivity contribution in [2.24, 2.45) is 0 Å². The normalized spacial score (nSPS) is 11.6. The first kappa shape index (κ1) is 16.7. The number of nitro benzene ring substituents is 1. The van der Waals surface area contributed by atoms with Crippen molar-refractivity contribution in [2.45, 2.75) is 13.0 Å². The molecule has 1 atom stereocenters. The van der Waals surface area contributed by atoms with E-state index in [0.717, 1.165) is 0 Å². The number of nitro groups is 1. The van der Waals surface area contributed by atoms with Gasteiger partial charge in [-0.2, -0.15) is 0 Å². The molecule has 0 spiro atoms. The second-order valence-corrected chi connectivity index (χ2v) is 4.26. The van der Waals surface area contributed by atoms with E-state index < -0.39 is 11.0 Å². The molecule has 0 fully saturated rings. The van der Waals surface area contributed by atoms with Crippen LogP contribution in [0.4, 0.5) is 11.4 Å². The second kappa shape index (κ2) is 8.05. The Kier molecular flexibility index (Phi) is 6.41. The molecule has 0 aromatic heterocycles. The molecule has 0 radical (unpaired) electrons. The predicted molar refractivity (Wildman–Crippen MR) is 77.6 cm³/mol. The molecule has 1 amide bonds. The van der Waals surface area contributed by atoms with Gasteiger partial charge in [0, 0.05) is 13.7 Å². The summed E-state index contributed by atoms with van der Waals surface area (Å²) >= 11 is 0. The van der Waals surface area contributed by atoms with Crippen molar-refractivity contribution in [3.05, 3.63) is 28.3 Å². The number of hydrogen-bond acceptors (Lipinski definition) is 6. The number of carbonyl (C=O) groups excluding carboxylic acids is 1. The van der Waals surface area contributed by atoms with Gasteiger partial charge in [0.2, 0.25) is 5.91 Å². The van der Waals surface area contributed by atoms with E-state index in [-0.39, 0.29) is 23.0 Å². The Morgan fingerprint density at radius 3 is 2.71 bits per heavy atom. The Balaban J connectivity index is 2.82. The van der Waals surface area contributed by atoms with E-state index in [1.54, 1.807) is 13.0 Å². The van der Waals surface area contributed by atoms with Gasteiger partial charge in [0.1, 0.15) is 11.7 Å². The predicted octanol–water partition coefficient (Wildman–Crippen LogP) is 1.17. The lowest BCUT2D eigenvalue weighted by Gasteiger charge is -2.16. The van der Waals surface area contributed by atoms with Gasteiger partial charge < -0.3 is 20.1 Å². The molecule has 1 unspecified atom stereocenters. The SMILES string of the molecule is COCCNC(=O)C(C)Nc1cccc(OC)c1[N+](=O)[O-]. The van der Waals surface area contributed by atoms with Crippen molar-refractivity contribution in [3.8, 4) is 5.75 Å². The Bertz CT molecular complexity index is 507.